The molecule has 1 amide bonds. The molecule has 0 aliphatic heterocycles. The second kappa shape index (κ2) is 6.47. The van der Waals surface area contributed by atoms with Gasteiger partial charge in [0.2, 0.25) is 0 Å². The molecular weight excluding hydrogens is 272 g/mol. The summed E-state index contributed by atoms with van der Waals surface area (Å²) in [6.07, 6.45) is 4.54. The first-order chi connectivity index (χ1) is 9.63. The molecule has 0 bridgehead atoms. The number of nitrogens with zero attached hydrogens (tertiary/aromatic N) is 2. The summed E-state index contributed by atoms with van der Waals surface area (Å²) in [5.41, 5.74) is 1.26. The van der Waals surface area contributed by atoms with Gasteiger partial charge >= 0.3 is 0 Å². The monoisotopic (exact) mass is 290 g/mol. The van der Waals surface area contributed by atoms with Crippen LogP contribution in [0.3, 0.4) is 0 Å². The van der Waals surface area contributed by atoms with Gasteiger partial charge in [-0.25, -0.2) is 4.98 Å². The number of hydrogen-bond donors (Lipinski definition) is 2. The van der Waals surface area contributed by atoms with Gasteiger partial charge in [0.15, 0.2) is 0 Å². The molecule has 0 radical (unpaired) electrons. The third kappa shape index (κ3) is 3.33. The lowest BCUT2D eigenvalue weighted by atomic mass is 10.2. The van der Waals surface area contributed by atoms with E-state index in [0.29, 0.717) is 5.69 Å². The molecule has 0 spiro atoms. The molecule has 6 heteroatoms. The van der Waals surface area contributed by atoms with Gasteiger partial charge in [0.05, 0.1) is 6.04 Å². The third-order valence-electron chi connectivity index (χ3n) is 2.89. The number of carbonyl (C=O) groups is 1. The largest absolute Gasteiger partial charge is 0.376 e. The minimum atomic E-state index is -0.191. The van der Waals surface area contributed by atoms with Crippen molar-refractivity contribution in [3.05, 3.63) is 40.1 Å². The fourth-order valence-electron chi connectivity index (χ4n) is 1.77. The van der Waals surface area contributed by atoms with E-state index in [1.807, 2.05) is 12.3 Å². The highest BCUT2D eigenvalue weighted by Gasteiger charge is 2.11. The zero-order valence-electron chi connectivity index (χ0n) is 11.8. The maximum Gasteiger partial charge on any atom is 0.269 e. The van der Waals surface area contributed by atoms with Gasteiger partial charge in [-0.1, -0.05) is 6.92 Å². The Balaban J connectivity index is 2.11. The molecule has 0 aliphatic rings. The molecule has 0 saturated heterocycles. The van der Waals surface area contributed by atoms with Crippen molar-refractivity contribution in [2.24, 2.45) is 0 Å². The average molecular weight is 290 g/mol. The lowest BCUT2D eigenvalue weighted by molar-refractivity contribution is 0.0958. The molecule has 20 heavy (non-hydrogen) atoms. The summed E-state index contributed by atoms with van der Waals surface area (Å²) in [5.74, 6) is -0.191. The highest BCUT2D eigenvalue weighted by atomic mass is 32.1. The lowest BCUT2D eigenvalue weighted by Gasteiger charge is -2.13. The Morgan fingerprint density at radius 2 is 2.25 bits per heavy atom. The number of carbonyl (C=O) groups excluding carboxylic acids is 1. The van der Waals surface area contributed by atoms with Gasteiger partial charge in [0.25, 0.3) is 5.91 Å². The van der Waals surface area contributed by atoms with Crippen molar-refractivity contribution in [1.29, 1.82) is 0 Å². The Morgan fingerprint density at radius 1 is 1.45 bits per heavy atom. The lowest BCUT2D eigenvalue weighted by Crippen LogP contribution is -2.19. The second-order valence-corrected chi connectivity index (χ2v) is 5.54. The number of pyridine rings is 1. The maximum absolute atomic E-state index is 11.6. The van der Waals surface area contributed by atoms with E-state index in [0.717, 1.165) is 17.1 Å². The highest BCUT2D eigenvalue weighted by molar-refractivity contribution is 7.11. The summed E-state index contributed by atoms with van der Waals surface area (Å²) in [4.78, 5) is 21.3. The Morgan fingerprint density at radius 3 is 2.90 bits per heavy atom. The van der Waals surface area contributed by atoms with Crippen LogP contribution in [0.1, 0.15) is 40.3 Å². The summed E-state index contributed by atoms with van der Waals surface area (Å²) < 4.78 is 0. The van der Waals surface area contributed by atoms with Crippen molar-refractivity contribution in [3.63, 3.8) is 0 Å². The Kier molecular flexibility index (Phi) is 4.68. The number of rotatable bonds is 5. The number of anilines is 1. The number of amides is 1. The van der Waals surface area contributed by atoms with Crippen LogP contribution in [0.15, 0.2) is 24.5 Å². The van der Waals surface area contributed by atoms with Gasteiger partial charge in [-0.05, 0) is 25.5 Å². The van der Waals surface area contributed by atoms with E-state index in [1.165, 1.54) is 4.88 Å². The van der Waals surface area contributed by atoms with Crippen molar-refractivity contribution in [2.75, 3.05) is 12.4 Å². The first kappa shape index (κ1) is 14.5. The van der Waals surface area contributed by atoms with E-state index in [9.17, 15) is 4.79 Å². The third-order valence-corrected chi connectivity index (χ3v) is 4.22. The maximum atomic E-state index is 11.6. The fourth-order valence-corrected chi connectivity index (χ4v) is 2.63. The molecule has 0 saturated carbocycles. The van der Waals surface area contributed by atoms with Gasteiger partial charge in [0.1, 0.15) is 10.7 Å². The van der Waals surface area contributed by atoms with Crippen LogP contribution in [0.2, 0.25) is 0 Å². The molecule has 2 aromatic heterocycles. The number of hydrogen-bond acceptors (Lipinski definition) is 5. The van der Waals surface area contributed by atoms with Gasteiger partial charge in [-0.3, -0.25) is 9.78 Å². The summed E-state index contributed by atoms with van der Waals surface area (Å²) >= 11 is 1.71. The first-order valence-corrected chi connectivity index (χ1v) is 7.35. The van der Waals surface area contributed by atoms with E-state index in [2.05, 4.69) is 34.4 Å². The van der Waals surface area contributed by atoms with Crippen molar-refractivity contribution in [1.82, 2.24) is 15.3 Å². The van der Waals surface area contributed by atoms with Crippen molar-refractivity contribution in [3.8, 4) is 0 Å². The predicted molar refractivity (Wildman–Crippen MR) is 81.2 cm³/mol. The summed E-state index contributed by atoms with van der Waals surface area (Å²) in [6, 6.07) is 3.68. The van der Waals surface area contributed by atoms with Crippen LogP contribution < -0.4 is 10.6 Å². The smallest absolute Gasteiger partial charge is 0.269 e. The molecular formula is C14H18N4OS. The Labute approximate surface area is 122 Å². The predicted octanol–water partition coefficient (Wildman–Crippen LogP) is 2.63. The van der Waals surface area contributed by atoms with Crippen LogP contribution in [-0.2, 0) is 6.42 Å². The van der Waals surface area contributed by atoms with Crippen LogP contribution in [0.25, 0.3) is 0 Å². The Bertz CT molecular complexity index is 596. The van der Waals surface area contributed by atoms with Gasteiger partial charge in [0, 0.05) is 30.0 Å². The number of aryl methyl sites for hydroxylation is 1. The SMILES string of the molecule is CCc1cnc(C(C)Nc2ccnc(C(=O)NC)c2)s1. The summed E-state index contributed by atoms with van der Waals surface area (Å²) in [5, 5.41) is 6.95. The quantitative estimate of drug-likeness (QED) is 0.888. The molecule has 106 valence electrons. The topological polar surface area (TPSA) is 66.9 Å². The van der Waals surface area contributed by atoms with E-state index >= 15 is 0 Å². The minimum Gasteiger partial charge on any atom is -0.376 e. The van der Waals surface area contributed by atoms with Crippen molar-refractivity contribution < 1.29 is 4.79 Å². The number of thiazole rings is 1. The summed E-state index contributed by atoms with van der Waals surface area (Å²) in [6.45, 7) is 4.17. The van der Waals surface area contributed by atoms with E-state index in [4.69, 9.17) is 0 Å². The zero-order valence-corrected chi connectivity index (χ0v) is 12.6. The second-order valence-electron chi connectivity index (χ2n) is 4.39. The standard InChI is InChI=1S/C14H18N4OS/c1-4-11-8-17-14(20-11)9(2)18-10-5-6-16-12(7-10)13(19)15-3/h5-9H,4H2,1-3H3,(H,15,19)(H,16,18). The molecule has 1 atom stereocenters. The van der Waals surface area contributed by atoms with Crippen LogP contribution >= 0.6 is 11.3 Å². The Hall–Kier alpha value is -1.95. The molecule has 0 aromatic carbocycles. The minimum absolute atomic E-state index is 0.0974. The fraction of sp³-hybridized carbons (Fsp3) is 0.357. The van der Waals surface area contributed by atoms with Crippen LogP contribution in [0, 0.1) is 0 Å². The first-order valence-electron chi connectivity index (χ1n) is 6.53. The molecule has 2 heterocycles. The zero-order chi connectivity index (χ0) is 14.5. The average Bonchev–Trinajstić information content (AvgIpc) is 2.95. The van der Waals surface area contributed by atoms with Crippen molar-refractivity contribution in [2.45, 2.75) is 26.3 Å². The van der Waals surface area contributed by atoms with Crippen LogP contribution in [0.5, 0.6) is 0 Å². The molecule has 2 N–H and O–H groups in total. The molecule has 0 fully saturated rings. The van der Waals surface area contributed by atoms with Crippen LogP contribution in [0.4, 0.5) is 5.69 Å². The normalized spacial score (nSPS) is 11.9. The van der Waals surface area contributed by atoms with E-state index in [-0.39, 0.29) is 11.9 Å². The summed E-state index contributed by atoms with van der Waals surface area (Å²) in [7, 11) is 1.59. The molecule has 5 nitrogen and oxygen atoms in total. The van der Waals surface area contributed by atoms with Gasteiger partial charge in [-0.15, -0.1) is 11.3 Å². The number of aromatic nitrogens is 2. The molecule has 0 aliphatic carbocycles. The van der Waals surface area contributed by atoms with Crippen molar-refractivity contribution >= 4 is 22.9 Å². The van der Waals surface area contributed by atoms with E-state index < -0.39 is 0 Å². The molecule has 2 rings (SSSR count). The van der Waals surface area contributed by atoms with Gasteiger partial charge in [-0.2, -0.15) is 0 Å². The van der Waals surface area contributed by atoms with E-state index in [1.54, 1.807) is 30.6 Å². The van der Waals surface area contributed by atoms with Crippen LogP contribution in [-0.4, -0.2) is 22.9 Å². The molecule has 1 unspecified atom stereocenters. The highest BCUT2D eigenvalue weighted by Crippen LogP contribution is 2.24. The molecule has 2 aromatic rings. The van der Waals surface area contributed by atoms with Gasteiger partial charge < -0.3 is 10.6 Å². The number of nitrogens with one attached hydrogen (secondary N) is 2.